The van der Waals surface area contributed by atoms with Gasteiger partial charge in [0.05, 0.1) is 17.6 Å². The number of nitro groups is 1. The maximum atomic E-state index is 12.5. The molecule has 4 aliphatic heterocycles. The molecule has 0 radical (unpaired) electrons. The van der Waals surface area contributed by atoms with E-state index in [-0.39, 0.29) is 40.6 Å². The highest BCUT2D eigenvalue weighted by Gasteiger charge is 2.48. The highest BCUT2D eigenvalue weighted by molar-refractivity contribution is 5.97. The lowest BCUT2D eigenvalue weighted by Gasteiger charge is -2.39. The first-order chi connectivity index (χ1) is 24.3. The zero-order valence-electron chi connectivity index (χ0n) is 30.9. The number of nitrogen functional groups attached to an aromatic ring is 1. The highest BCUT2D eigenvalue weighted by atomic mass is 16.6. The predicted molar refractivity (Wildman–Crippen MR) is 192 cm³/mol. The predicted octanol–water partition coefficient (Wildman–Crippen LogP) is 5.16. The van der Waals surface area contributed by atoms with Gasteiger partial charge in [0.2, 0.25) is 11.8 Å². The summed E-state index contributed by atoms with van der Waals surface area (Å²) in [5, 5.41) is 10.7. The Morgan fingerprint density at radius 2 is 1.13 bits per heavy atom. The average Bonchev–Trinajstić information content (AvgIpc) is 3.55. The number of nitrogens with two attached hydrogens (primary N) is 1. The molecule has 6 heterocycles. The van der Waals surface area contributed by atoms with Crippen LogP contribution in [0.15, 0.2) is 36.7 Å². The van der Waals surface area contributed by atoms with Gasteiger partial charge in [0.25, 0.3) is 0 Å². The molecule has 16 nitrogen and oxygen atoms in total. The highest BCUT2D eigenvalue weighted by Crippen LogP contribution is 2.44. The molecule has 52 heavy (non-hydrogen) atoms. The van der Waals surface area contributed by atoms with Gasteiger partial charge in [0.1, 0.15) is 17.0 Å². The Hall–Kier alpha value is -5.02. The molecule has 4 saturated heterocycles. The van der Waals surface area contributed by atoms with Crippen LogP contribution in [0.5, 0.6) is 0 Å². The van der Waals surface area contributed by atoms with E-state index < -0.39 is 16.1 Å². The molecule has 6 rings (SSSR count). The minimum absolute atomic E-state index is 0.0172. The van der Waals surface area contributed by atoms with Gasteiger partial charge in [-0.15, -0.1) is 0 Å². The van der Waals surface area contributed by atoms with Crippen molar-refractivity contribution >= 4 is 47.0 Å². The molecule has 2 aromatic rings. The van der Waals surface area contributed by atoms with Crippen LogP contribution >= 0.6 is 0 Å². The second kappa shape index (κ2) is 14.5. The van der Waals surface area contributed by atoms with E-state index in [1.807, 2.05) is 47.6 Å². The average molecular weight is 723 g/mol. The van der Waals surface area contributed by atoms with E-state index in [2.05, 4.69) is 9.97 Å². The van der Waals surface area contributed by atoms with E-state index in [0.717, 1.165) is 31.4 Å². The standard InChI is InChI=1S/C18H24N4O5.C18H26N4O3/c1-17(2,3)27-16(24)20-8-6-18(7-9-20)10-15(23)21(12-18)13-4-5-14(19-11-13)22(25)26;1-17(2,3)25-16(24)21-8-6-18(7-9-21)10-15(23)22(12-18)13-4-5-14(19)20-11-13/h4-5,11H,6-10,12H2,1-3H3;4-5,11H,6-10,12H2,1-3H3,(H2,19,20). The fourth-order valence-corrected chi connectivity index (χ4v) is 7.12. The summed E-state index contributed by atoms with van der Waals surface area (Å²) in [5.74, 6) is 0.287. The smallest absolute Gasteiger partial charge is 0.410 e. The van der Waals surface area contributed by atoms with Crippen molar-refractivity contribution < 1.29 is 33.6 Å². The molecule has 0 aliphatic carbocycles. The third-order valence-electron chi connectivity index (χ3n) is 9.91. The lowest BCUT2D eigenvalue weighted by atomic mass is 9.78. The van der Waals surface area contributed by atoms with Crippen LogP contribution in [0.4, 0.5) is 32.6 Å². The molecule has 0 aromatic carbocycles. The molecule has 0 saturated carbocycles. The first kappa shape index (κ1) is 38.2. The summed E-state index contributed by atoms with van der Waals surface area (Å²) in [7, 11) is 0. The molecule has 4 aliphatic rings. The Bertz CT molecular complexity index is 1650. The molecule has 0 bridgehead atoms. The third kappa shape index (κ3) is 9.25. The number of hydrogen-bond acceptors (Lipinski definition) is 11. The lowest BCUT2D eigenvalue weighted by molar-refractivity contribution is -0.389. The van der Waals surface area contributed by atoms with Crippen molar-refractivity contribution in [2.24, 2.45) is 10.8 Å². The van der Waals surface area contributed by atoms with E-state index in [9.17, 15) is 29.3 Å². The fraction of sp³-hybridized carbons (Fsp3) is 0.611. The van der Waals surface area contributed by atoms with Crippen molar-refractivity contribution in [2.45, 2.75) is 91.3 Å². The molecule has 2 N–H and O–H groups in total. The molecular weight excluding hydrogens is 672 g/mol. The number of carbonyl (C=O) groups excluding carboxylic acids is 4. The first-order valence-electron chi connectivity index (χ1n) is 17.6. The summed E-state index contributed by atoms with van der Waals surface area (Å²) in [4.78, 5) is 74.4. The minimum Gasteiger partial charge on any atom is -0.444 e. The van der Waals surface area contributed by atoms with E-state index >= 15 is 0 Å². The van der Waals surface area contributed by atoms with Gasteiger partial charge < -0.3 is 44.9 Å². The van der Waals surface area contributed by atoms with Crippen molar-refractivity contribution in [2.75, 3.05) is 54.8 Å². The molecule has 282 valence electrons. The summed E-state index contributed by atoms with van der Waals surface area (Å²) in [6, 6.07) is 6.39. The molecule has 0 atom stereocenters. The quantitative estimate of drug-likeness (QED) is 0.325. The van der Waals surface area contributed by atoms with Crippen LogP contribution in [0.3, 0.4) is 0 Å². The maximum Gasteiger partial charge on any atom is 0.410 e. The number of rotatable bonds is 3. The van der Waals surface area contributed by atoms with E-state index in [1.165, 1.54) is 12.3 Å². The number of ether oxygens (including phenoxy) is 2. The van der Waals surface area contributed by atoms with Gasteiger partial charge >= 0.3 is 18.0 Å². The van der Waals surface area contributed by atoms with Gasteiger partial charge in [0.15, 0.2) is 6.20 Å². The summed E-state index contributed by atoms with van der Waals surface area (Å²) in [6.45, 7) is 14.6. The van der Waals surface area contributed by atoms with Crippen LogP contribution in [0.1, 0.15) is 80.1 Å². The van der Waals surface area contributed by atoms with Crippen LogP contribution in [-0.2, 0) is 19.1 Å². The molecule has 2 aromatic heterocycles. The second-order valence-corrected chi connectivity index (χ2v) is 16.3. The Labute approximate surface area is 303 Å². The molecule has 4 fully saturated rings. The molecule has 0 unspecified atom stereocenters. The van der Waals surface area contributed by atoms with Gasteiger partial charge in [-0.25, -0.2) is 14.6 Å². The fourth-order valence-electron chi connectivity index (χ4n) is 7.12. The number of nitrogens with zero attached hydrogens (tertiary/aromatic N) is 7. The van der Waals surface area contributed by atoms with E-state index in [1.54, 1.807) is 37.9 Å². The Morgan fingerprint density at radius 3 is 1.46 bits per heavy atom. The maximum absolute atomic E-state index is 12.5. The minimum atomic E-state index is -0.566. The normalized spacial score (nSPS) is 19.8. The van der Waals surface area contributed by atoms with Gasteiger partial charge in [0, 0.05) is 69.0 Å². The van der Waals surface area contributed by atoms with Crippen molar-refractivity contribution in [3.63, 3.8) is 0 Å². The van der Waals surface area contributed by atoms with Crippen molar-refractivity contribution in [1.82, 2.24) is 19.8 Å². The van der Waals surface area contributed by atoms with Gasteiger partial charge in [-0.3, -0.25) is 9.59 Å². The van der Waals surface area contributed by atoms with Gasteiger partial charge in [-0.1, -0.05) is 0 Å². The summed E-state index contributed by atoms with van der Waals surface area (Å²) < 4.78 is 10.9. The van der Waals surface area contributed by atoms with Gasteiger partial charge in [-0.05, 0) is 95.3 Å². The summed E-state index contributed by atoms with van der Waals surface area (Å²) >= 11 is 0. The number of aromatic nitrogens is 2. The number of pyridine rings is 2. The molecule has 16 heteroatoms. The van der Waals surface area contributed by atoms with Crippen LogP contribution < -0.4 is 15.5 Å². The number of anilines is 3. The second-order valence-electron chi connectivity index (χ2n) is 16.3. The molecule has 2 spiro atoms. The van der Waals surface area contributed by atoms with Crippen LogP contribution in [-0.4, -0.2) is 99.2 Å². The van der Waals surface area contributed by atoms with Crippen molar-refractivity contribution in [3.05, 3.63) is 46.8 Å². The van der Waals surface area contributed by atoms with Gasteiger partial charge in [-0.2, -0.15) is 0 Å². The largest absolute Gasteiger partial charge is 0.444 e. The Morgan fingerprint density at radius 1 is 0.731 bits per heavy atom. The summed E-state index contributed by atoms with van der Waals surface area (Å²) in [6.07, 6.45) is 6.38. The van der Waals surface area contributed by atoms with E-state index in [0.29, 0.717) is 63.6 Å². The number of amides is 4. The topological polar surface area (TPSA) is 195 Å². The van der Waals surface area contributed by atoms with Crippen LogP contribution in [0, 0.1) is 20.9 Å². The number of hydrogen-bond donors (Lipinski definition) is 1. The zero-order valence-corrected chi connectivity index (χ0v) is 30.9. The lowest BCUT2D eigenvalue weighted by Crippen LogP contribution is -2.46. The monoisotopic (exact) mass is 722 g/mol. The number of carbonyl (C=O) groups is 4. The third-order valence-corrected chi connectivity index (χ3v) is 9.91. The number of likely N-dealkylation sites (tertiary alicyclic amines) is 2. The Balaban J connectivity index is 0.000000202. The van der Waals surface area contributed by atoms with Crippen LogP contribution in [0.25, 0.3) is 0 Å². The number of piperidine rings is 2. The SMILES string of the molecule is CC(C)(C)OC(=O)N1CCC2(CC1)CC(=O)N(c1ccc(N)nc1)C2.CC(C)(C)OC(=O)N1CCC2(CC1)CC(=O)N(c1ccc([N+](=O)[O-])nc1)C2. The first-order valence-corrected chi connectivity index (χ1v) is 17.6. The summed E-state index contributed by atoms with van der Waals surface area (Å²) in [5.41, 5.74) is 5.69. The van der Waals surface area contributed by atoms with Crippen molar-refractivity contribution in [1.29, 1.82) is 0 Å². The van der Waals surface area contributed by atoms with Crippen molar-refractivity contribution in [3.8, 4) is 0 Å². The van der Waals surface area contributed by atoms with E-state index in [4.69, 9.17) is 15.2 Å². The molecular formula is C36H50N8O8. The van der Waals surface area contributed by atoms with Crippen LogP contribution in [0.2, 0.25) is 0 Å². The Kier molecular flexibility index (Phi) is 10.7. The zero-order chi connectivity index (χ0) is 38.1. The molecule has 4 amide bonds.